The van der Waals surface area contributed by atoms with Crippen molar-refractivity contribution in [2.24, 2.45) is 5.16 Å². The first-order chi connectivity index (χ1) is 13.3. The van der Waals surface area contributed by atoms with Crippen LogP contribution in [0.2, 0.25) is 36.3 Å². The van der Waals surface area contributed by atoms with E-state index in [0.29, 0.717) is 12.3 Å². The number of ether oxygens (including phenoxy) is 3. The Morgan fingerprint density at radius 1 is 0.933 bits per heavy atom. The summed E-state index contributed by atoms with van der Waals surface area (Å²) in [7, 11) is -4.05. The van der Waals surface area contributed by atoms with Gasteiger partial charge in [0.05, 0.1) is 13.2 Å². The summed E-state index contributed by atoms with van der Waals surface area (Å²) in [6, 6.07) is 0. The van der Waals surface area contributed by atoms with Gasteiger partial charge in [0.15, 0.2) is 28.5 Å². The first-order valence-corrected chi connectivity index (χ1v) is 16.6. The summed E-state index contributed by atoms with van der Waals surface area (Å²) in [5.41, 5.74) is 0.401. The van der Waals surface area contributed by atoms with Gasteiger partial charge >= 0.3 is 0 Å². The molecule has 3 atom stereocenters. The lowest BCUT2D eigenvalue weighted by Crippen LogP contribution is -2.50. The van der Waals surface area contributed by atoms with Gasteiger partial charge < -0.3 is 28.3 Å². The molecular weight excluding hydrogens is 418 g/mol. The molecule has 1 N–H and O–H groups in total. The van der Waals surface area contributed by atoms with Crippen molar-refractivity contribution in [2.75, 3.05) is 13.2 Å². The van der Waals surface area contributed by atoms with Gasteiger partial charge in [-0.2, -0.15) is 0 Å². The van der Waals surface area contributed by atoms with Gasteiger partial charge in [0.2, 0.25) is 5.79 Å². The van der Waals surface area contributed by atoms with Crippen LogP contribution in [-0.4, -0.2) is 64.5 Å². The van der Waals surface area contributed by atoms with Gasteiger partial charge in [-0.1, -0.05) is 46.7 Å². The number of hydrogen-bond acceptors (Lipinski definition) is 7. The Hall–Kier alpha value is -0.296. The van der Waals surface area contributed by atoms with Crippen molar-refractivity contribution in [3.63, 3.8) is 0 Å². The van der Waals surface area contributed by atoms with E-state index in [2.05, 4.69) is 72.9 Å². The highest BCUT2D eigenvalue weighted by Gasteiger charge is 2.65. The van der Waals surface area contributed by atoms with Crippen LogP contribution in [0.15, 0.2) is 5.16 Å². The molecule has 0 aromatic carbocycles. The molecule has 2 heterocycles. The molecule has 2 fully saturated rings. The molecule has 30 heavy (non-hydrogen) atoms. The maximum atomic E-state index is 9.81. The van der Waals surface area contributed by atoms with E-state index in [9.17, 15) is 5.21 Å². The maximum Gasteiger partial charge on any atom is 0.226 e. The maximum absolute atomic E-state index is 9.81. The topological polar surface area (TPSA) is 78.7 Å². The van der Waals surface area contributed by atoms with E-state index in [1.165, 1.54) is 0 Å². The number of oxime groups is 1. The Morgan fingerprint density at radius 2 is 1.43 bits per heavy atom. The van der Waals surface area contributed by atoms with Gasteiger partial charge in [0.1, 0.15) is 11.8 Å². The number of nitrogens with zero attached hydrogens (tertiary/aromatic N) is 1. The Bertz CT molecular complexity index is 665. The molecule has 0 aromatic heterocycles. The average molecular weight is 462 g/mol. The monoisotopic (exact) mass is 461 g/mol. The summed E-state index contributed by atoms with van der Waals surface area (Å²) < 4.78 is 31.6. The van der Waals surface area contributed by atoms with E-state index in [1.807, 2.05) is 13.8 Å². The molecule has 2 aliphatic heterocycles. The Morgan fingerprint density at radius 3 is 1.90 bits per heavy atom. The van der Waals surface area contributed by atoms with Crippen molar-refractivity contribution in [3.8, 4) is 0 Å². The van der Waals surface area contributed by atoms with Gasteiger partial charge in [-0.15, -0.1) is 0 Å². The van der Waals surface area contributed by atoms with E-state index in [0.717, 1.165) is 0 Å². The smallest absolute Gasteiger partial charge is 0.226 e. The summed E-state index contributed by atoms with van der Waals surface area (Å²) in [5.74, 6) is -2.02. The third-order valence-electron chi connectivity index (χ3n) is 7.12. The minimum Gasteiger partial charge on any atom is -0.414 e. The second kappa shape index (κ2) is 7.93. The van der Waals surface area contributed by atoms with Crippen LogP contribution in [0.4, 0.5) is 0 Å². The highest BCUT2D eigenvalue weighted by Crippen LogP contribution is 2.46. The van der Waals surface area contributed by atoms with E-state index in [4.69, 9.17) is 23.1 Å². The van der Waals surface area contributed by atoms with E-state index >= 15 is 0 Å². The standard InChI is InChI=1S/C21H43NO6Si2/c1-18(2,3)29(9,10)24-13-15-16(22-23)17-21(26-15,28-20(7,8)27-17)14-25-30(11,12)19(4,5)6/h15,17,23H,13-14H2,1-12H3/b22-16-/t15-,17-,21-/m0/s1. The third kappa shape index (κ3) is 5.02. The zero-order valence-electron chi connectivity index (χ0n) is 21.0. The molecule has 0 aliphatic carbocycles. The molecule has 176 valence electrons. The zero-order chi connectivity index (χ0) is 23.4. The fourth-order valence-electron chi connectivity index (χ4n) is 3.08. The number of fused-ring (bicyclic) bond motifs is 1. The highest BCUT2D eigenvalue weighted by molar-refractivity contribution is 6.74. The van der Waals surface area contributed by atoms with Gasteiger partial charge in [-0.3, -0.25) is 0 Å². The molecule has 2 saturated heterocycles. The molecule has 2 rings (SSSR count). The van der Waals surface area contributed by atoms with Crippen LogP contribution in [0.25, 0.3) is 0 Å². The molecule has 9 heteroatoms. The normalized spacial score (nSPS) is 31.4. The van der Waals surface area contributed by atoms with Crippen LogP contribution >= 0.6 is 0 Å². The molecule has 0 unspecified atom stereocenters. The molecule has 0 bridgehead atoms. The van der Waals surface area contributed by atoms with Crippen LogP contribution in [0.5, 0.6) is 0 Å². The highest BCUT2D eigenvalue weighted by atomic mass is 28.4. The van der Waals surface area contributed by atoms with Crippen molar-refractivity contribution in [1.82, 2.24) is 0 Å². The fourth-order valence-corrected chi connectivity index (χ4v) is 5.08. The van der Waals surface area contributed by atoms with E-state index in [1.54, 1.807) is 0 Å². The number of rotatable bonds is 6. The summed E-state index contributed by atoms with van der Waals surface area (Å²) in [5, 5.41) is 13.5. The SMILES string of the molecule is CC1(C)O[C@H]2/C(=N\O)[C@H](CO[Si](C)(C)C(C)(C)C)O[C@@]2(CO[Si](C)(C)C(C)(C)C)O1. The first-order valence-electron chi connectivity index (χ1n) is 10.8. The molecular formula is C21H43NO6Si2. The average Bonchev–Trinajstić information content (AvgIpc) is 2.95. The Balaban J connectivity index is 2.25. The van der Waals surface area contributed by atoms with Gasteiger partial charge in [-0.05, 0) is 50.1 Å². The van der Waals surface area contributed by atoms with Crippen LogP contribution in [0.3, 0.4) is 0 Å². The Kier molecular flexibility index (Phi) is 6.86. The molecule has 0 amide bonds. The second-order valence-corrected chi connectivity index (χ2v) is 21.7. The van der Waals surface area contributed by atoms with Gasteiger partial charge in [0, 0.05) is 0 Å². The minimum absolute atomic E-state index is 0.0471. The quantitative estimate of drug-likeness (QED) is 0.336. The predicted octanol–water partition coefficient (Wildman–Crippen LogP) is 5.11. The largest absolute Gasteiger partial charge is 0.414 e. The van der Waals surface area contributed by atoms with Gasteiger partial charge in [-0.25, -0.2) is 0 Å². The van der Waals surface area contributed by atoms with Gasteiger partial charge in [0.25, 0.3) is 0 Å². The van der Waals surface area contributed by atoms with E-state index < -0.39 is 40.4 Å². The second-order valence-electron chi connectivity index (χ2n) is 12.1. The van der Waals surface area contributed by atoms with Crippen LogP contribution in [0.1, 0.15) is 55.4 Å². The molecule has 0 radical (unpaired) electrons. The lowest BCUT2D eigenvalue weighted by Gasteiger charge is -2.39. The van der Waals surface area contributed by atoms with Crippen LogP contribution < -0.4 is 0 Å². The third-order valence-corrected chi connectivity index (χ3v) is 16.1. The Labute approximate surface area is 184 Å². The van der Waals surface area contributed by atoms with Crippen molar-refractivity contribution >= 4 is 22.3 Å². The van der Waals surface area contributed by atoms with Crippen molar-refractivity contribution < 1.29 is 28.3 Å². The summed E-state index contributed by atoms with van der Waals surface area (Å²) in [4.78, 5) is 0. The summed E-state index contributed by atoms with van der Waals surface area (Å²) in [6.07, 6.45) is -1.19. The molecule has 0 aromatic rings. The molecule has 0 saturated carbocycles. The van der Waals surface area contributed by atoms with E-state index in [-0.39, 0.29) is 16.7 Å². The van der Waals surface area contributed by atoms with Crippen molar-refractivity contribution in [3.05, 3.63) is 0 Å². The predicted molar refractivity (Wildman–Crippen MR) is 123 cm³/mol. The molecule has 7 nitrogen and oxygen atoms in total. The lowest BCUT2D eigenvalue weighted by molar-refractivity contribution is -0.268. The molecule has 0 spiro atoms. The van der Waals surface area contributed by atoms with Crippen LogP contribution in [-0.2, 0) is 23.1 Å². The van der Waals surface area contributed by atoms with Crippen LogP contribution in [0, 0.1) is 0 Å². The number of hydrogen-bond donors (Lipinski definition) is 1. The van der Waals surface area contributed by atoms with Crippen molar-refractivity contribution in [2.45, 2.75) is 115 Å². The summed E-state index contributed by atoms with van der Waals surface area (Å²) in [6.45, 7) is 26.1. The van der Waals surface area contributed by atoms with Crippen molar-refractivity contribution in [1.29, 1.82) is 0 Å². The minimum atomic E-state index is -2.05. The molecule has 2 aliphatic rings. The fraction of sp³-hybridized carbons (Fsp3) is 0.952. The summed E-state index contributed by atoms with van der Waals surface area (Å²) >= 11 is 0. The zero-order valence-corrected chi connectivity index (χ0v) is 23.0. The first kappa shape index (κ1) is 26.0. The lowest BCUT2D eigenvalue weighted by atomic mass is 10.1.